The summed E-state index contributed by atoms with van der Waals surface area (Å²) < 4.78 is 11.6. The van der Waals surface area contributed by atoms with Crippen molar-refractivity contribution in [1.82, 2.24) is 15.5 Å². The summed E-state index contributed by atoms with van der Waals surface area (Å²) in [5, 5.41) is 7.26. The van der Waals surface area contributed by atoms with Crippen molar-refractivity contribution >= 4 is 0 Å². The van der Waals surface area contributed by atoms with Gasteiger partial charge in [0.15, 0.2) is 5.82 Å². The minimum atomic E-state index is -0.0635. The summed E-state index contributed by atoms with van der Waals surface area (Å²) in [5.41, 5.74) is 0. The molecule has 2 rings (SSSR count). The molecule has 1 aromatic heterocycles. The molecule has 0 radical (unpaired) electrons. The molecular formula is C16H29N3O2. The van der Waals surface area contributed by atoms with Gasteiger partial charge in [-0.2, -0.15) is 4.98 Å². The van der Waals surface area contributed by atoms with Gasteiger partial charge in [0.1, 0.15) is 6.10 Å². The first kappa shape index (κ1) is 16.4. The Morgan fingerprint density at radius 2 is 2.24 bits per heavy atom. The molecule has 0 aliphatic heterocycles. The third kappa shape index (κ3) is 4.78. The third-order valence-corrected chi connectivity index (χ3v) is 4.36. The van der Waals surface area contributed by atoms with Crippen LogP contribution in [0, 0.1) is 5.92 Å². The van der Waals surface area contributed by atoms with Crippen LogP contribution in [0.15, 0.2) is 4.52 Å². The van der Waals surface area contributed by atoms with Crippen molar-refractivity contribution in [3.8, 4) is 0 Å². The topological polar surface area (TPSA) is 60.2 Å². The zero-order valence-electron chi connectivity index (χ0n) is 13.8. The van der Waals surface area contributed by atoms with E-state index >= 15 is 0 Å². The van der Waals surface area contributed by atoms with Crippen molar-refractivity contribution in [2.24, 2.45) is 5.92 Å². The van der Waals surface area contributed by atoms with E-state index in [1.807, 2.05) is 7.05 Å². The van der Waals surface area contributed by atoms with Gasteiger partial charge in [0.05, 0.1) is 6.10 Å². The van der Waals surface area contributed by atoms with Crippen molar-refractivity contribution in [1.29, 1.82) is 0 Å². The fourth-order valence-corrected chi connectivity index (χ4v) is 2.92. The number of ether oxygens (including phenoxy) is 1. The average Bonchev–Trinajstić information content (AvgIpc) is 2.93. The molecule has 1 aliphatic rings. The van der Waals surface area contributed by atoms with Gasteiger partial charge in [0.25, 0.3) is 5.89 Å². The van der Waals surface area contributed by atoms with Gasteiger partial charge in [-0.05, 0) is 39.2 Å². The molecule has 1 aromatic rings. The molecule has 0 saturated heterocycles. The van der Waals surface area contributed by atoms with Crippen molar-refractivity contribution in [3.05, 3.63) is 11.7 Å². The predicted molar refractivity (Wildman–Crippen MR) is 82.1 cm³/mol. The Morgan fingerprint density at radius 1 is 1.43 bits per heavy atom. The predicted octanol–water partition coefficient (Wildman–Crippen LogP) is 3.27. The molecule has 1 N–H and O–H groups in total. The Bertz CT molecular complexity index is 421. The lowest BCUT2D eigenvalue weighted by Gasteiger charge is -2.29. The molecule has 4 atom stereocenters. The zero-order chi connectivity index (χ0) is 15.2. The highest BCUT2D eigenvalue weighted by atomic mass is 16.5. The maximum atomic E-state index is 6.23. The number of hydrogen-bond acceptors (Lipinski definition) is 5. The second-order valence-electron chi connectivity index (χ2n) is 6.37. The van der Waals surface area contributed by atoms with Gasteiger partial charge in [-0.3, -0.25) is 0 Å². The molecule has 4 unspecified atom stereocenters. The van der Waals surface area contributed by atoms with Crippen LogP contribution in [0.5, 0.6) is 0 Å². The van der Waals surface area contributed by atoms with Crippen LogP contribution in [0.2, 0.25) is 0 Å². The molecule has 1 saturated carbocycles. The van der Waals surface area contributed by atoms with E-state index < -0.39 is 0 Å². The van der Waals surface area contributed by atoms with E-state index in [0.717, 1.165) is 37.4 Å². The third-order valence-electron chi connectivity index (χ3n) is 4.36. The Hall–Kier alpha value is -0.940. The number of hydrogen-bond donors (Lipinski definition) is 1. The van der Waals surface area contributed by atoms with Crippen LogP contribution in [0.3, 0.4) is 0 Å². The fraction of sp³-hybridized carbons (Fsp3) is 0.875. The van der Waals surface area contributed by atoms with Gasteiger partial charge in [-0.25, -0.2) is 0 Å². The smallest absolute Gasteiger partial charge is 0.255 e. The summed E-state index contributed by atoms with van der Waals surface area (Å²) >= 11 is 0. The lowest BCUT2D eigenvalue weighted by atomic mass is 9.88. The van der Waals surface area contributed by atoms with E-state index in [4.69, 9.17) is 9.26 Å². The summed E-state index contributed by atoms with van der Waals surface area (Å²) in [7, 11) is 1.94. The molecule has 0 spiro atoms. The highest BCUT2D eigenvalue weighted by Crippen LogP contribution is 2.30. The molecule has 0 aromatic carbocycles. The first-order chi connectivity index (χ1) is 10.1. The maximum Gasteiger partial charge on any atom is 0.255 e. The molecule has 1 aliphatic carbocycles. The van der Waals surface area contributed by atoms with Crippen LogP contribution in [-0.4, -0.2) is 29.3 Å². The van der Waals surface area contributed by atoms with E-state index in [9.17, 15) is 0 Å². The van der Waals surface area contributed by atoms with E-state index in [1.165, 1.54) is 12.8 Å². The Morgan fingerprint density at radius 3 is 2.90 bits per heavy atom. The first-order valence-corrected chi connectivity index (χ1v) is 8.27. The van der Waals surface area contributed by atoms with E-state index in [-0.39, 0.29) is 6.10 Å². The molecule has 120 valence electrons. The van der Waals surface area contributed by atoms with Crippen LogP contribution in [0.1, 0.15) is 70.7 Å². The molecule has 1 fully saturated rings. The van der Waals surface area contributed by atoms with Crippen molar-refractivity contribution < 1.29 is 9.26 Å². The molecule has 0 amide bonds. The minimum Gasteiger partial charge on any atom is -0.365 e. The second kappa shape index (κ2) is 7.90. The quantitative estimate of drug-likeness (QED) is 0.836. The summed E-state index contributed by atoms with van der Waals surface area (Å²) in [5.74, 6) is 2.15. The van der Waals surface area contributed by atoms with Crippen LogP contribution in [-0.2, 0) is 11.2 Å². The van der Waals surface area contributed by atoms with Gasteiger partial charge < -0.3 is 14.6 Å². The number of likely N-dealkylation sites (N-methyl/N-ethyl adjacent to an activating group) is 1. The summed E-state index contributed by atoms with van der Waals surface area (Å²) in [6.45, 7) is 6.52. The van der Waals surface area contributed by atoms with Crippen LogP contribution in [0.4, 0.5) is 0 Å². The Kier molecular flexibility index (Phi) is 6.18. The van der Waals surface area contributed by atoms with Gasteiger partial charge in [-0.15, -0.1) is 0 Å². The monoisotopic (exact) mass is 295 g/mol. The number of rotatable bonds is 7. The van der Waals surface area contributed by atoms with Crippen molar-refractivity contribution in [3.63, 3.8) is 0 Å². The number of aromatic nitrogens is 2. The summed E-state index contributed by atoms with van der Waals surface area (Å²) in [4.78, 5) is 4.51. The SMILES string of the molecule is CCC(OC1CCCC(C)C1)c1nc(CC(C)NC)no1. The zero-order valence-corrected chi connectivity index (χ0v) is 13.8. The molecule has 5 heteroatoms. The lowest BCUT2D eigenvalue weighted by Crippen LogP contribution is -2.24. The second-order valence-corrected chi connectivity index (χ2v) is 6.37. The van der Waals surface area contributed by atoms with Gasteiger partial charge in [0.2, 0.25) is 0 Å². The maximum absolute atomic E-state index is 6.23. The van der Waals surface area contributed by atoms with Crippen LogP contribution in [0.25, 0.3) is 0 Å². The van der Waals surface area contributed by atoms with E-state index in [2.05, 4.69) is 36.2 Å². The Labute approximate surface area is 127 Å². The number of nitrogens with zero attached hydrogens (tertiary/aromatic N) is 2. The van der Waals surface area contributed by atoms with Crippen LogP contribution < -0.4 is 5.32 Å². The largest absolute Gasteiger partial charge is 0.365 e. The van der Waals surface area contributed by atoms with Crippen LogP contribution >= 0.6 is 0 Å². The highest BCUT2D eigenvalue weighted by Gasteiger charge is 2.26. The normalized spacial score (nSPS) is 25.7. The van der Waals surface area contributed by atoms with Crippen molar-refractivity contribution in [2.75, 3.05) is 7.05 Å². The molecule has 1 heterocycles. The molecular weight excluding hydrogens is 266 g/mol. The highest BCUT2D eigenvalue weighted by molar-refractivity contribution is 4.93. The summed E-state index contributed by atoms with van der Waals surface area (Å²) in [6.07, 6.45) is 6.80. The standard InChI is InChI=1S/C16H29N3O2/c1-5-14(20-13-8-6-7-11(2)9-13)16-18-15(19-21-16)10-12(3)17-4/h11-14,17H,5-10H2,1-4H3. The van der Waals surface area contributed by atoms with Crippen molar-refractivity contribution in [2.45, 2.75) is 77.5 Å². The average molecular weight is 295 g/mol. The van der Waals surface area contributed by atoms with Gasteiger partial charge >= 0.3 is 0 Å². The first-order valence-electron chi connectivity index (χ1n) is 8.27. The molecule has 5 nitrogen and oxygen atoms in total. The summed E-state index contributed by atoms with van der Waals surface area (Å²) in [6, 6.07) is 0.343. The fourth-order valence-electron chi connectivity index (χ4n) is 2.92. The van der Waals surface area contributed by atoms with E-state index in [1.54, 1.807) is 0 Å². The lowest BCUT2D eigenvalue weighted by molar-refractivity contribution is -0.0547. The molecule has 0 bridgehead atoms. The van der Waals surface area contributed by atoms with Gasteiger partial charge in [0, 0.05) is 12.5 Å². The van der Waals surface area contributed by atoms with Gasteiger partial charge in [-0.1, -0.05) is 31.8 Å². The Balaban J connectivity index is 1.94. The minimum absolute atomic E-state index is 0.0635. The number of nitrogens with one attached hydrogen (secondary N) is 1. The van der Waals surface area contributed by atoms with E-state index in [0.29, 0.717) is 18.0 Å². The molecule has 21 heavy (non-hydrogen) atoms.